The number of hydrogen-bond acceptors (Lipinski definition) is 9. The summed E-state index contributed by atoms with van der Waals surface area (Å²) < 4.78 is 11.1. The Morgan fingerprint density at radius 3 is 2.24 bits per heavy atom. The molecule has 4 aromatic carbocycles. The summed E-state index contributed by atoms with van der Waals surface area (Å²) in [6.45, 7) is 4.76. The van der Waals surface area contributed by atoms with Gasteiger partial charge in [-0.2, -0.15) is 5.01 Å². The number of hydrogen-bond donors (Lipinski definition) is 2. The fraction of sp³-hybridized carbons (Fsp3) is 0.318. The lowest BCUT2D eigenvalue weighted by molar-refractivity contribution is -0.138. The number of aryl methyl sites for hydroxylation is 1. The van der Waals surface area contributed by atoms with Crippen molar-refractivity contribution >= 4 is 40.7 Å². The number of ether oxygens (including phenoxy) is 2. The van der Waals surface area contributed by atoms with Crippen LogP contribution in [0.1, 0.15) is 35.4 Å². The summed E-state index contributed by atoms with van der Waals surface area (Å²) in [5, 5.41) is 12.8. The third-order valence-electron chi connectivity index (χ3n) is 12.4. The monoisotopic (exact) mass is 738 g/mol. The van der Waals surface area contributed by atoms with E-state index in [1.807, 2.05) is 91.9 Å². The van der Waals surface area contributed by atoms with Gasteiger partial charge in [-0.25, -0.2) is 0 Å². The van der Waals surface area contributed by atoms with Crippen molar-refractivity contribution < 1.29 is 33.8 Å². The highest BCUT2D eigenvalue weighted by molar-refractivity contribution is 6.22. The minimum Gasteiger partial charge on any atom is -0.508 e. The fourth-order valence-electron chi connectivity index (χ4n) is 9.87. The molecule has 0 bridgehead atoms. The number of nitrogens with zero attached hydrogens (tertiary/aromatic N) is 3. The number of morpholine rings is 1. The van der Waals surface area contributed by atoms with Crippen molar-refractivity contribution in [1.82, 2.24) is 5.01 Å². The Bertz CT molecular complexity index is 2220. The first kappa shape index (κ1) is 34.8. The highest BCUT2D eigenvalue weighted by Gasteiger charge is 2.70. The maximum atomic E-state index is 15.4. The van der Waals surface area contributed by atoms with Gasteiger partial charge >= 0.3 is 0 Å². The van der Waals surface area contributed by atoms with Crippen molar-refractivity contribution in [1.29, 1.82) is 0 Å². The van der Waals surface area contributed by atoms with Crippen molar-refractivity contribution in [3.63, 3.8) is 0 Å². The summed E-state index contributed by atoms with van der Waals surface area (Å²) in [5.41, 5.74) is 6.49. The first-order valence-corrected chi connectivity index (χ1v) is 18.9. The summed E-state index contributed by atoms with van der Waals surface area (Å²) in [5.74, 6) is -4.88. The summed E-state index contributed by atoms with van der Waals surface area (Å²) in [6, 6.07) is 29.1. The zero-order valence-electron chi connectivity index (χ0n) is 30.7. The number of imide groups is 2. The van der Waals surface area contributed by atoms with Crippen LogP contribution in [-0.4, -0.2) is 67.2 Å². The van der Waals surface area contributed by atoms with Crippen LogP contribution in [0.3, 0.4) is 0 Å². The van der Waals surface area contributed by atoms with Crippen molar-refractivity contribution in [2.24, 2.45) is 23.7 Å². The molecule has 280 valence electrons. The number of carbonyl (C=O) groups excluding carboxylic acids is 4. The molecular formula is C44H42N4O7. The van der Waals surface area contributed by atoms with Gasteiger partial charge in [-0.05, 0) is 85.8 Å². The molecule has 2 aliphatic carbocycles. The van der Waals surface area contributed by atoms with Crippen LogP contribution in [0.5, 0.6) is 11.5 Å². The Labute approximate surface area is 319 Å². The molecule has 2 N–H and O–H groups in total. The number of allylic oxidation sites excluding steroid dienone is 2. The van der Waals surface area contributed by atoms with E-state index in [1.54, 1.807) is 12.1 Å². The molecule has 11 heteroatoms. The highest BCUT2D eigenvalue weighted by Crippen LogP contribution is 2.65. The third kappa shape index (κ3) is 5.35. The van der Waals surface area contributed by atoms with Gasteiger partial charge in [0.15, 0.2) is 0 Å². The maximum Gasteiger partial charge on any atom is 0.260 e. The van der Waals surface area contributed by atoms with Gasteiger partial charge in [-0.3, -0.25) is 29.5 Å². The molecule has 4 aromatic rings. The standard InChI is InChI=1S/C44H42N4O7/c1-26-8-10-28(11-9-26)45-48-41(51)36-25-34-32(39(35-24-31(54-2)16-19-37(35)49)44(36,43(48)53)27-6-4-3-5-7-27)17-18-33-38(34)42(52)47(40(33)50)30-14-12-29(13-15-30)46-20-22-55-23-21-46/h3-17,19,24,33-34,36,38-39,45,49H,18,20-23,25H2,1-2H3. The summed E-state index contributed by atoms with van der Waals surface area (Å²) in [4.78, 5) is 62.8. The molecule has 6 atom stereocenters. The molecule has 1 saturated carbocycles. The Kier molecular flexibility index (Phi) is 8.49. The molecule has 5 aliphatic rings. The molecule has 3 aliphatic heterocycles. The van der Waals surface area contributed by atoms with Crippen LogP contribution >= 0.6 is 0 Å². The largest absolute Gasteiger partial charge is 0.508 e. The molecule has 4 fully saturated rings. The molecule has 6 unspecified atom stereocenters. The van der Waals surface area contributed by atoms with Crippen LogP contribution in [0.2, 0.25) is 0 Å². The van der Waals surface area contributed by atoms with E-state index >= 15 is 4.79 Å². The predicted molar refractivity (Wildman–Crippen MR) is 205 cm³/mol. The number of phenols is 1. The first-order valence-electron chi connectivity index (χ1n) is 18.9. The van der Waals surface area contributed by atoms with Crippen LogP contribution in [0.4, 0.5) is 17.1 Å². The van der Waals surface area contributed by atoms with E-state index < -0.39 is 46.8 Å². The first-order chi connectivity index (χ1) is 26.7. The molecular weight excluding hydrogens is 697 g/mol. The molecule has 0 aromatic heterocycles. The highest BCUT2D eigenvalue weighted by atomic mass is 16.5. The molecule has 4 amide bonds. The van der Waals surface area contributed by atoms with Crippen LogP contribution in [-0.2, 0) is 29.3 Å². The Hall–Kier alpha value is -5.94. The number of phenolic OH excluding ortho intramolecular Hbond substituents is 1. The van der Waals surface area contributed by atoms with Crippen molar-refractivity contribution in [3.05, 3.63) is 125 Å². The van der Waals surface area contributed by atoms with E-state index in [0.717, 1.165) is 34.9 Å². The summed E-state index contributed by atoms with van der Waals surface area (Å²) >= 11 is 0. The smallest absolute Gasteiger partial charge is 0.260 e. The van der Waals surface area contributed by atoms with E-state index in [2.05, 4.69) is 10.3 Å². The molecule has 3 saturated heterocycles. The fourth-order valence-corrected chi connectivity index (χ4v) is 9.87. The number of nitrogens with one attached hydrogen (secondary N) is 1. The van der Waals surface area contributed by atoms with E-state index in [1.165, 1.54) is 18.1 Å². The minimum absolute atomic E-state index is 0.0652. The van der Waals surface area contributed by atoms with E-state index in [4.69, 9.17) is 9.47 Å². The van der Waals surface area contributed by atoms with Crippen LogP contribution < -0.4 is 20.0 Å². The van der Waals surface area contributed by atoms with Crippen molar-refractivity contribution in [2.75, 3.05) is 48.6 Å². The van der Waals surface area contributed by atoms with Gasteiger partial charge in [0.2, 0.25) is 11.8 Å². The number of fused-ring (bicyclic) bond motifs is 4. The number of anilines is 3. The molecule has 9 rings (SSSR count). The lowest BCUT2D eigenvalue weighted by atomic mass is 9.49. The van der Waals surface area contributed by atoms with Crippen LogP contribution in [0.25, 0.3) is 0 Å². The second-order valence-electron chi connectivity index (χ2n) is 15.1. The number of rotatable bonds is 7. The van der Waals surface area contributed by atoms with Gasteiger partial charge in [0, 0.05) is 30.3 Å². The van der Waals surface area contributed by atoms with Gasteiger partial charge in [0.25, 0.3) is 11.8 Å². The zero-order valence-corrected chi connectivity index (χ0v) is 30.7. The normalized spacial score (nSPS) is 27.4. The third-order valence-corrected chi connectivity index (χ3v) is 12.4. The van der Waals surface area contributed by atoms with Gasteiger partial charge < -0.3 is 19.5 Å². The molecule has 0 radical (unpaired) electrons. The number of aromatic hydroxyl groups is 1. The number of amides is 4. The zero-order chi connectivity index (χ0) is 38.0. The molecule has 55 heavy (non-hydrogen) atoms. The minimum atomic E-state index is -1.50. The Morgan fingerprint density at radius 1 is 0.818 bits per heavy atom. The molecule has 0 spiro atoms. The average Bonchev–Trinajstić information content (AvgIpc) is 3.60. The second-order valence-corrected chi connectivity index (χ2v) is 15.1. The lowest BCUT2D eigenvalue weighted by Gasteiger charge is -2.50. The topological polar surface area (TPSA) is 129 Å². The summed E-state index contributed by atoms with van der Waals surface area (Å²) in [6.07, 6.45) is 2.41. The Morgan fingerprint density at radius 2 is 1.53 bits per heavy atom. The van der Waals surface area contributed by atoms with E-state index in [9.17, 15) is 19.5 Å². The van der Waals surface area contributed by atoms with Gasteiger partial charge in [0.1, 0.15) is 11.5 Å². The summed E-state index contributed by atoms with van der Waals surface area (Å²) in [7, 11) is 1.53. The quantitative estimate of drug-likeness (QED) is 0.180. The molecule has 11 nitrogen and oxygen atoms in total. The van der Waals surface area contributed by atoms with Gasteiger partial charge in [-0.15, -0.1) is 0 Å². The van der Waals surface area contributed by atoms with Gasteiger partial charge in [-0.1, -0.05) is 59.7 Å². The van der Waals surface area contributed by atoms with Crippen LogP contribution in [0, 0.1) is 30.6 Å². The van der Waals surface area contributed by atoms with Gasteiger partial charge in [0.05, 0.1) is 54.9 Å². The van der Waals surface area contributed by atoms with E-state index in [-0.39, 0.29) is 30.4 Å². The Balaban J connectivity index is 1.17. The van der Waals surface area contributed by atoms with E-state index in [0.29, 0.717) is 41.5 Å². The average molecular weight is 739 g/mol. The predicted octanol–water partition coefficient (Wildman–Crippen LogP) is 5.74. The SMILES string of the molecule is COc1ccc(O)c(C2C3=CCC4C(=O)N(c5ccc(N6CCOCC6)cc5)C(=O)C4C3CC3C(=O)N(Nc4ccc(C)cc4)C(=O)C32c2ccccc2)c1. The maximum absolute atomic E-state index is 15.4. The number of methoxy groups -OCH3 is 1. The number of hydrazine groups is 1. The second kappa shape index (κ2) is 13.4. The number of carbonyl (C=O) groups is 4. The molecule has 3 heterocycles. The number of benzene rings is 4. The van der Waals surface area contributed by atoms with Crippen LogP contribution in [0.15, 0.2) is 109 Å². The van der Waals surface area contributed by atoms with Crippen molar-refractivity contribution in [2.45, 2.75) is 31.1 Å². The lowest BCUT2D eigenvalue weighted by Crippen LogP contribution is -2.53. The van der Waals surface area contributed by atoms with Crippen molar-refractivity contribution in [3.8, 4) is 11.5 Å².